The van der Waals surface area contributed by atoms with Gasteiger partial charge in [0.25, 0.3) is 0 Å². The zero-order chi connectivity index (χ0) is 15.1. The van der Waals surface area contributed by atoms with Gasteiger partial charge in [-0.25, -0.2) is 4.68 Å². The molecule has 0 amide bonds. The van der Waals surface area contributed by atoms with Gasteiger partial charge in [-0.2, -0.15) is 5.10 Å². The molecular formula is C14H14N4O3. The number of anilines is 1. The second-order valence-corrected chi connectivity index (χ2v) is 4.87. The molecule has 0 bridgehead atoms. The van der Waals surface area contributed by atoms with Crippen molar-refractivity contribution in [2.24, 2.45) is 0 Å². The topological polar surface area (TPSA) is 100 Å². The Labute approximate surface area is 120 Å². The molecule has 3 rings (SSSR count). The van der Waals surface area contributed by atoms with E-state index in [4.69, 9.17) is 10.2 Å². The fourth-order valence-corrected chi connectivity index (χ4v) is 2.50. The molecule has 108 valence electrons. The van der Waals surface area contributed by atoms with E-state index in [0.29, 0.717) is 12.2 Å². The number of rotatable bonds is 3. The molecule has 21 heavy (non-hydrogen) atoms. The molecule has 0 saturated heterocycles. The van der Waals surface area contributed by atoms with Gasteiger partial charge in [-0.1, -0.05) is 18.2 Å². The molecule has 0 spiro atoms. The van der Waals surface area contributed by atoms with Crippen molar-refractivity contribution in [1.29, 1.82) is 0 Å². The summed E-state index contributed by atoms with van der Waals surface area (Å²) < 4.78 is 7.12. The summed E-state index contributed by atoms with van der Waals surface area (Å²) in [6, 6.07) is 7.64. The molecule has 0 unspecified atom stereocenters. The number of aromatic nitrogens is 2. The van der Waals surface area contributed by atoms with Crippen molar-refractivity contribution < 1.29 is 9.34 Å². The minimum Gasteiger partial charge on any atom is -0.461 e. The molecular weight excluding hydrogens is 272 g/mol. The predicted molar refractivity (Wildman–Crippen MR) is 78.1 cm³/mol. The molecule has 1 aromatic carbocycles. The van der Waals surface area contributed by atoms with Gasteiger partial charge < -0.3 is 10.2 Å². The number of nitrogens with two attached hydrogens (primary N) is 1. The minimum atomic E-state index is -0.505. The quantitative estimate of drug-likeness (QED) is 0.589. The highest BCUT2D eigenvalue weighted by molar-refractivity contribution is 5.82. The fraction of sp³-hybridized carbons (Fsp3) is 0.214. The number of hydrogen-bond donors (Lipinski definition) is 1. The zero-order valence-corrected chi connectivity index (χ0v) is 11.7. The van der Waals surface area contributed by atoms with Gasteiger partial charge in [-0.3, -0.25) is 10.1 Å². The maximum absolute atomic E-state index is 11.0. The van der Waals surface area contributed by atoms with Crippen LogP contribution in [-0.4, -0.2) is 14.7 Å². The van der Waals surface area contributed by atoms with Gasteiger partial charge in [-0.15, -0.1) is 0 Å². The Morgan fingerprint density at radius 1 is 1.38 bits per heavy atom. The lowest BCUT2D eigenvalue weighted by molar-refractivity contribution is -0.384. The Kier molecular flexibility index (Phi) is 2.90. The SMILES string of the molecule is Cc1nn(Cc2c(C)oc3ccccc23)c(N)c1[N+](=O)[O-]. The van der Waals surface area contributed by atoms with E-state index in [1.807, 2.05) is 31.2 Å². The average molecular weight is 286 g/mol. The maximum Gasteiger partial charge on any atom is 0.333 e. The van der Waals surface area contributed by atoms with E-state index in [2.05, 4.69) is 5.10 Å². The number of fused-ring (bicyclic) bond motifs is 1. The molecule has 7 heteroatoms. The van der Waals surface area contributed by atoms with Gasteiger partial charge in [0.1, 0.15) is 17.0 Å². The van der Waals surface area contributed by atoms with E-state index in [-0.39, 0.29) is 11.5 Å². The Bertz CT molecular complexity index is 847. The molecule has 2 N–H and O–H groups in total. The number of benzene rings is 1. The van der Waals surface area contributed by atoms with E-state index in [1.165, 1.54) is 4.68 Å². The van der Waals surface area contributed by atoms with Crippen LogP contribution in [0.3, 0.4) is 0 Å². The first-order valence-electron chi connectivity index (χ1n) is 6.43. The smallest absolute Gasteiger partial charge is 0.333 e. The Balaban J connectivity index is 2.09. The largest absolute Gasteiger partial charge is 0.461 e. The maximum atomic E-state index is 11.0. The van der Waals surface area contributed by atoms with Gasteiger partial charge in [0, 0.05) is 10.9 Å². The third-order valence-electron chi connectivity index (χ3n) is 3.52. The summed E-state index contributed by atoms with van der Waals surface area (Å²) in [6.07, 6.45) is 0. The third-order valence-corrected chi connectivity index (χ3v) is 3.52. The standard InChI is InChI=1S/C14H14N4O3/c1-8-13(18(19)20)14(15)17(16-8)7-11-9(2)21-12-6-4-3-5-10(11)12/h3-6H,7,15H2,1-2H3. The summed E-state index contributed by atoms with van der Waals surface area (Å²) in [4.78, 5) is 10.5. The third kappa shape index (κ3) is 2.03. The van der Waals surface area contributed by atoms with Crippen molar-refractivity contribution in [3.05, 3.63) is 51.4 Å². The first-order chi connectivity index (χ1) is 9.99. The lowest BCUT2D eigenvalue weighted by Gasteiger charge is -2.03. The van der Waals surface area contributed by atoms with E-state index in [9.17, 15) is 10.1 Å². The molecule has 2 aromatic heterocycles. The van der Waals surface area contributed by atoms with Gasteiger partial charge in [-0.05, 0) is 19.9 Å². The van der Waals surface area contributed by atoms with E-state index in [1.54, 1.807) is 6.92 Å². The fourth-order valence-electron chi connectivity index (χ4n) is 2.50. The number of nitrogen functional groups attached to an aromatic ring is 1. The highest BCUT2D eigenvalue weighted by Gasteiger charge is 2.24. The summed E-state index contributed by atoms with van der Waals surface area (Å²) in [6.45, 7) is 3.77. The summed E-state index contributed by atoms with van der Waals surface area (Å²) >= 11 is 0. The summed E-state index contributed by atoms with van der Waals surface area (Å²) in [5.41, 5.74) is 7.72. The van der Waals surface area contributed by atoms with Crippen molar-refractivity contribution >= 4 is 22.5 Å². The summed E-state index contributed by atoms with van der Waals surface area (Å²) in [5, 5.41) is 16.1. The van der Waals surface area contributed by atoms with Crippen LogP contribution in [0.25, 0.3) is 11.0 Å². The molecule has 3 aromatic rings. The molecule has 2 heterocycles. The van der Waals surface area contributed by atoms with E-state index < -0.39 is 4.92 Å². The molecule has 0 aliphatic heterocycles. The van der Waals surface area contributed by atoms with Crippen LogP contribution in [0.1, 0.15) is 17.0 Å². The van der Waals surface area contributed by atoms with Gasteiger partial charge >= 0.3 is 5.69 Å². The second kappa shape index (κ2) is 4.62. The number of furan rings is 1. The monoisotopic (exact) mass is 286 g/mol. The van der Waals surface area contributed by atoms with Crippen LogP contribution >= 0.6 is 0 Å². The molecule has 7 nitrogen and oxygen atoms in total. The average Bonchev–Trinajstić information content (AvgIpc) is 2.88. The van der Waals surface area contributed by atoms with E-state index >= 15 is 0 Å². The van der Waals surface area contributed by atoms with Crippen LogP contribution in [0.2, 0.25) is 0 Å². The zero-order valence-electron chi connectivity index (χ0n) is 11.7. The van der Waals surface area contributed by atoms with Crippen LogP contribution in [-0.2, 0) is 6.54 Å². The Morgan fingerprint density at radius 3 is 2.76 bits per heavy atom. The summed E-state index contributed by atoms with van der Waals surface area (Å²) in [7, 11) is 0. The molecule has 0 fully saturated rings. The van der Waals surface area contributed by atoms with Crippen LogP contribution in [0, 0.1) is 24.0 Å². The van der Waals surface area contributed by atoms with Gasteiger partial charge in [0.15, 0.2) is 0 Å². The predicted octanol–water partition coefficient (Wildman–Crippen LogP) is 2.78. The highest BCUT2D eigenvalue weighted by Crippen LogP contribution is 2.29. The minimum absolute atomic E-state index is 0.0576. The molecule has 0 aliphatic carbocycles. The van der Waals surface area contributed by atoms with Crippen LogP contribution in [0.15, 0.2) is 28.7 Å². The first kappa shape index (κ1) is 13.2. The second-order valence-electron chi connectivity index (χ2n) is 4.87. The lowest BCUT2D eigenvalue weighted by atomic mass is 10.1. The highest BCUT2D eigenvalue weighted by atomic mass is 16.6. The van der Waals surface area contributed by atoms with Crippen molar-refractivity contribution in [3.63, 3.8) is 0 Å². The van der Waals surface area contributed by atoms with Crippen LogP contribution in [0.4, 0.5) is 11.5 Å². The molecule has 0 atom stereocenters. The van der Waals surface area contributed by atoms with Gasteiger partial charge in [0.2, 0.25) is 5.82 Å². The van der Waals surface area contributed by atoms with Gasteiger partial charge in [0.05, 0.1) is 11.5 Å². The van der Waals surface area contributed by atoms with Crippen LogP contribution < -0.4 is 5.73 Å². The van der Waals surface area contributed by atoms with Crippen molar-refractivity contribution in [3.8, 4) is 0 Å². The number of nitrogens with zero attached hydrogens (tertiary/aromatic N) is 3. The van der Waals surface area contributed by atoms with Crippen molar-refractivity contribution in [2.75, 3.05) is 5.73 Å². The first-order valence-corrected chi connectivity index (χ1v) is 6.43. The van der Waals surface area contributed by atoms with E-state index in [0.717, 1.165) is 22.3 Å². The normalized spacial score (nSPS) is 11.1. The molecule has 0 radical (unpaired) electrons. The van der Waals surface area contributed by atoms with Crippen molar-refractivity contribution in [2.45, 2.75) is 20.4 Å². The molecule has 0 saturated carbocycles. The van der Waals surface area contributed by atoms with Crippen LogP contribution in [0.5, 0.6) is 0 Å². The number of hydrogen-bond acceptors (Lipinski definition) is 5. The van der Waals surface area contributed by atoms with Crippen molar-refractivity contribution in [1.82, 2.24) is 9.78 Å². The molecule has 0 aliphatic rings. The number of nitro groups is 1. The Morgan fingerprint density at radius 2 is 2.10 bits per heavy atom. The lowest BCUT2D eigenvalue weighted by Crippen LogP contribution is -2.07. The number of aryl methyl sites for hydroxylation is 2. The number of para-hydroxylation sites is 1. The summed E-state index contributed by atoms with van der Waals surface area (Å²) in [5.74, 6) is 0.814. The Hall–Kier alpha value is -2.83.